The molecule has 4 heteroatoms. The van der Waals surface area contributed by atoms with E-state index in [1.54, 1.807) is 0 Å². The maximum absolute atomic E-state index is 11.7. The van der Waals surface area contributed by atoms with Crippen LogP contribution in [0.15, 0.2) is 22.0 Å². The Kier molecular flexibility index (Phi) is 7.94. The van der Waals surface area contributed by atoms with Crippen molar-refractivity contribution in [1.82, 2.24) is 0 Å². The molecule has 0 unspecified atom stereocenters. The smallest absolute Gasteiger partial charge is 0.294 e. The first kappa shape index (κ1) is 15.7. The molecular weight excluding hydrogens is 240 g/mol. The average molecular weight is 264 g/mol. The van der Waals surface area contributed by atoms with Crippen LogP contribution in [0, 0.1) is 0 Å². The molecule has 4 nitrogen and oxygen atoms in total. The van der Waals surface area contributed by atoms with E-state index in [0.29, 0.717) is 6.42 Å². The van der Waals surface area contributed by atoms with Crippen LogP contribution in [-0.2, 0) is 9.59 Å². The lowest BCUT2D eigenvalue weighted by molar-refractivity contribution is -0.120. The van der Waals surface area contributed by atoms with Gasteiger partial charge in [-0.2, -0.15) is 5.11 Å². The fraction of sp³-hybridized carbons (Fsp3) is 0.733. The molecule has 1 aliphatic rings. The molecule has 1 amide bonds. The van der Waals surface area contributed by atoms with Crippen molar-refractivity contribution >= 4 is 11.7 Å². The molecular formula is C15H24N2O2. The van der Waals surface area contributed by atoms with Gasteiger partial charge in [-0.05, 0) is 6.42 Å². The Balaban J connectivity index is 1.94. The molecule has 0 atom stereocenters. The largest absolute Gasteiger partial charge is 0.300 e. The third-order valence-electron chi connectivity index (χ3n) is 3.37. The van der Waals surface area contributed by atoms with Crippen LogP contribution in [-0.4, -0.2) is 11.7 Å². The molecule has 19 heavy (non-hydrogen) atoms. The predicted octanol–water partition coefficient (Wildman–Crippen LogP) is 4.35. The van der Waals surface area contributed by atoms with Crippen molar-refractivity contribution in [3.63, 3.8) is 0 Å². The minimum absolute atomic E-state index is 0.113. The highest BCUT2D eigenvalue weighted by molar-refractivity contribution is 6.20. The van der Waals surface area contributed by atoms with E-state index in [0.717, 1.165) is 12.8 Å². The van der Waals surface area contributed by atoms with Crippen LogP contribution < -0.4 is 0 Å². The Hall–Kier alpha value is -1.32. The van der Waals surface area contributed by atoms with E-state index in [9.17, 15) is 9.59 Å². The lowest BCUT2D eigenvalue weighted by atomic mass is 10.0. The predicted molar refractivity (Wildman–Crippen MR) is 74.8 cm³/mol. The van der Waals surface area contributed by atoms with Crippen LogP contribution in [0.5, 0.6) is 0 Å². The van der Waals surface area contributed by atoms with Crippen molar-refractivity contribution in [2.24, 2.45) is 10.2 Å². The number of carbonyl (C=O) groups is 2. The topological polar surface area (TPSA) is 58.9 Å². The lowest BCUT2D eigenvalue weighted by Gasteiger charge is -2.02. The van der Waals surface area contributed by atoms with E-state index in [4.69, 9.17) is 0 Å². The van der Waals surface area contributed by atoms with E-state index < -0.39 is 5.91 Å². The SMILES string of the molecule is CCCCCCCCCCCC(=O)C1=CN=NC1=O. The zero-order chi connectivity index (χ0) is 13.9. The molecule has 0 bridgehead atoms. The normalized spacial score (nSPS) is 13.9. The summed E-state index contributed by atoms with van der Waals surface area (Å²) in [4.78, 5) is 22.8. The van der Waals surface area contributed by atoms with Gasteiger partial charge in [0.15, 0.2) is 5.78 Å². The van der Waals surface area contributed by atoms with Crippen molar-refractivity contribution in [3.05, 3.63) is 11.8 Å². The maximum atomic E-state index is 11.7. The van der Waals surface area contributed by atoms with Crippen LogP contribution in [0.2, 0.25) is 0 Å². The molecule has 0 aromatic heterocycles. The Labute approximate surface area is 115 Å². The van der Waals surface area contributed by atoms with Crippen LogP contribution >= 0.6 is 0 Å². The molecule has 1 rings (SSSR count). The van der Waals surface area contributed by atoms with Gasteiger partial charge >= 0.3 is 5.91 Å². The number of rotatable bonds is 11. The summed E-state index contributed by atoms with van der Waals surface area (Å²) in [5.74, 6) is -0.598. The van der Waals surface area contributed by atoms with E-state index >= 15 is 0 Å². The van der Waals surface area contributed by atoms with Crippen LogP contribution in [0.25, 0.3) is 0 Å². The van der Waals surface area contributed by atoms with E-state index in [2.05, 4.69) is 17.2 Å². The lowest BCUT2D eigenvalue weighted by Crippen LogP contribution is -2.08. The molecule has 0 N–H and O–H groups in total. The molecule has 0 aromatic carbocycles. The Bertz CT molecular complexity index is 359. The molecule has 0 radical (unpaired) electrons. The van der Waals surface area contributed by atoms with Gasteiger partial charge in [0.25, 0.3) is 0 Å². The molecule has 1 aliphatic heterocycles. The molecule has 0 aliphatic carbocycles. The van der Waals surface area contributed by atoms with Crippen LogP contribution in [0.4, 0.5) is 0 Å². The number of Topliss-reactive ketones (excluding diaryl/α,β-unsaturated/α-hetero) is 1. The molecule has 0 saturated carbocycles. The molecule has 1 heterocycles. The third kappa shape index (κ3) is 6.41. The summed E-state index contributed by atoms with van der Waals surface area (Å²) in [5.41, 5.74) is 0.152. The number of unbranched alkanes of at least 4 members (excludes halogenated alkanes) is 8. The van der Waals surface area contributed by atoms with Crippen molar-refractivity contribution in [1.29, 1.82) is 0 Å². The molecule has 0 fully saturated rings. The van der Waals surface area contributed by atoms with E-state index in [1.165, 1.54) is 51.1 Å². The summed E-state index contributed by atoms with van der Waals surface area (Å²) in [6, 6.07) is 0. The van der Waals surface area contributed by atoms with Crippen molar-refractivity contribution in [3.8, 4) is 0 Å². The zero-order valence-electron chi connectivity index (χ0n) is 11.9. The highest BCUT2D eigenvalue weighted by Gasteiger charge is 2.20. The van der Waals surface area contributed by atoms with Gasteiger partial charge in [0.1, 0.15) is 5.57 Å². The van der Waals surface area contributed by atoms with Gasteiger partial charge < -0.3 is 0 Å². The van der Waals surface area contributed by atoms with E-state index in [1.807, 2.05) is 0 Å². The zero-order valence-corrected chi connectivity index (χ0v) is 11.9. The van der Waals surface area contributed by atoms with Crippen molar-refractivity contribution in [2.45, 2.75) is 71.1 Å². The van der Waals surface area contributed by atoms with Gasteiger partial charge in [0.2, 0.25) is 0 Å². The first-order valence-electron chi connectivity index (χ1n) is 7.44. The summed E-state index contributed by atoms with van der Waals surface area (Å²) in [6.07, 6.45) is 12.7. The van der Waals surface area contributed by atoms with Gasteiger partial charge in [0, 0.05) is 6.42 Å². The standard InChI is InChI=1S/C15H24N2O2/c1-2-3-4-5-6-7-8-9-10-11-14(18)13-12-16-17-15(13)19/h12H,2-11H2,1H3. The van der Waals surface area contributed by atoms with E-state index in [-0.39, 0.29) is 11.4 Å². The van der Waals surface area contributed by atoms with Crippen LogP contribution in [0.3, 0.4) is 0 Å². The van der Waals surface area contributed by atoms with Gasteiger partial charge in [-0.1, -0.05) is 58.3 Å². The number of amides is 1. The molecule has 0 saturated heterocycles. The second kappa shape index (κ2) is 9.59. The monoisotopic (exact) mass is 264 g/mol. The second-order valence-corrected chi connectivity index (χ2v) is 5.07. The van der Waals surface area contributed by atoms with Gasteiger partial charge in [-0.25, -0.2) is 0 Å². The van der Waals surface area contributed by atoms with Gasteiger partial charge in [-0.3, -0.25) is 9.59 Å². The van der Waals surface area contributed by atoms with Gasteiger partial charge in [0.05, 0.1) is 6.20 Å². The average Bonchev–Trinajstić information content (AvgIpc) is 2.83. The quantitative estimate of drug-likeness (QED) is 0.411. The minimum atomic E-state index is -0.485. The van der Waals surface area contributed by atoms with Crippen molar-refractivity contribution in [2.75, 3.05) is 0 Å². The first-order chi connectivity index (χ1) is 9.25. The number of hydrogen-bond donors (Lipinski definition) is 0. The minimum Gasteiger partial charge on any atom is -0.294 e. The molecule has 106 valence electrons. The fourth-order valence-corrected chi connectivity index (χ4v) is 2.17. The third-order valence-corrected chi connectivity index (χ3v) is 3.37. The number of nitrogens with zero attached hydrogens (tertiary/aromatic N) is 2. The molecule has 0 spiro atoms. The maximum Gasteiger partial charge on any atom is 0.300 e. The number of hydrogen-bond acceptors (Lipinski definition) is 3. The Morgan fingerprint density at radius 1 is 1.00 bits per heavy atom. The number of carbonyl (C=O) groups excluding carboxylic acids is 2. The first-order valence-corrected chi connectivity index (χ1v) is 7.44. The molecule has 0 aromatic rings. The van der Waals surface area contributed by atoms with Gasteiger partial charge in [-0.15, -0.1) is 5.11 Å². The number of ketones is 1. The van der Waals surface area contributed by atoms with Crippen LogP contribution in [0.1, 0.15) is 71.1 Å². The summed E-state index contributed by atoms with van der Waals surface area (Å²) in [6.45, 7) is 2.22. The highest BCUT2D eigenvalue weighted by atomic mass is 16.2. The number of azo groups is 1. The summed E-state index contributed by atoms with van der Waals surface area (Å²) < 4.78 is 0. The van der Waals surface area contributed by atoms with Crippen molar-refractivity contribution < 1.29 is 9.59 Å². The highest BCUT2D eigenvalue weighted by Crippen LogP contribution is 2.14. The fourth-order valence-electron chi connectivity index (χ4n) is 2.17. The summed E-state index contributed by atoms with van der Waals surface area (Å²) in [7, 11) is 0. The second-order valence-electron chi connectivity index (χ2n) is 5.07. The summed E-state index contributed by atoms with van der Waals surface area (Å²) >= 11 is 0. The summed E-state index contributed by atoms with van der Waals surface area (Å²) in [5, 5.41) is 6.76. The Morgan fingerprint density at radius 3 is 2.11 bits per heavy atom. The Morgan fingerprint density at radius 2 is 1.58 bits per heavy atom.